The van der Waals surface area contributed by atoms with Gasteiger partial charge in [-0.2, -0.15) is 18.3 Å². The second kappa shape index (κ2) is 7.99. The molecular weight excluding hydrogens is 429 g/mol. The van der Waals surface area contributed by atoms with Gasteiger partial charge in [-0.15, -0.1) is 11.3 Å². The number of nitrogens with zero attached hydrogens (tertiary/aromatic N) is 3. The van der Waals surface area contributed by atoms with Crippen molar-refractivity contribution in [2.75, 3.05) is 13.1 Å². The molecule has 1 aliphatic rings. The number of halogens is 3. The van der Waals surface area contributed by atoms with Crippen molar-refractivity contribution >= 4 is 33.4 Å². The maximum atomic E-state index is 13.2. The zero-order valence-corrected chi connectivity index (χ0v) is 17.8. The van der Waals surface area contributed by atoms with E-state index in [1.807, 2.05) is 6.92 Å². The SMILES string of the molecule is Cc1nn(C)c2sc(C(=O)NC(CN3CCCC3=O)c3cccc(C(F)(F)F)c3)cc12. The van der Waals surface area contributed by atoms with Crippen LogP contribution in [-0.4, -0.2) is 39.6 Å². The smallest absolute Gasteiger partial charge is 0.343 e. The van der Waals surface area contributed by atoms with E-state index in [-0.39, 0.29) is 12.5 Å². The summed E-state index contributed by atoms with van der Waals surface area (Å²) in [6.07, 6.45) is -3.39. The van der Waals surface area contributed by atoms with Gasteiger partial charge in [-0.1, -0.05) is 12.1 Å². The number of hydrogen-bond donors (Lipinski definition) is 1. The van der Waals surface area contributed by atoms with Crippen LogP contribution in [0.4, 0.5) is 13.2 Å². The molecule has 1 fully saturated rings. The first kappa shape index (κ1) is 21.4. The van der Waals surface area contributed by atoms with E-state index in [9.17, 15) is 22.8 Å². The van der Waals surface area contributed by atoms with E-state index in [0.29, 0.717) is 29.8 Å². The first-order chi connectivity index (χ1) is 14.6. The predicted molar refractivity (Wildman–Crippen MR) is 111 cm³/mol. The van der Waals surface area contributed by atoms with Crippen LogP contribution in [-0.2, 0) is 18.0 Å². The third-order valence-electron chi connectivity index (χ3n) is 5.42. The zero-order valence-electron chi connectivity index (χ0n) is 17.0. The lowest BCUT2D eigenvalue weighted by atomic mass is 10.0. The number of thiophene rings is 1. The highest BCUT2D eigenvalue weighted by atomic mass is 32.1. The topological polar surface area (TPSA) is 67.2 Å². The van der Waals surface area contributed by atoms with Gasteiger partial charge in [-0.05, 0) is 37.1 Å². The highest BCUT2D eigenvalue weighted by Crippen LogP contribution is 2.32. The minimum Gasteiger partial charge on any atom is -0.343 e. The Morgan fingerprint density at radius 1 is 1.32 bits per heavy atom. The number of aromatic nitrogens is 2. The Hall–Kier alpha value is -2.88. The molecule has 10 heteroatoms. The molecule has 3 heterocycles. The zero-order chi connectivity index (χ0) is 22.3. The normalized spacial score (nSPS) is 15.6. The largest absolute Gasteiger partial charge is 0.416 e. The Morgan fingerprint density at radius 3 is 2.74 bits per heavy atom. The first-order valence-electron chi connectivity index (χ1n) is 9.82. The first-order valence-corrected chi connectivity index (χ1v) is 10.6. The average molecular weight is 450 g/mol. The molecule has 1 unspecified atom stereocenters. The van der Waals surface area contributed by atoms with Crippen LogP contribution >= 0.6 is 11.3 Å². The lowest BCUT2D eigenvalue weighted by Gasteiger charge is -2.25. The molecule has 1 aliphatic heterocycles. The van der Waals surface area contributed by atoms with Gasteiger partial charge >= 0.3 is 6.18 Å². The molecule has 2 amide bonds. The number of nitrogens with one attached hydrogen (secondary N) is 1. The lowest BCUT2D eigenvalue weighted by molar-refractivity contribution is -0.137. The highest BCUT2D eigenvalue weighted by molar-refractivity contribution is 7.20. The molecular formula is C21H21F3N4O2S. The summed E-state index contributed by atoms with van der Waals surface area (Å²) in [7, 11) is 1.79. The fourth-order valence-corrected chi connectivity index (χ4v) is 4.86. The molecule has 31 heavy (non-hydrogen) atoms. The highest BCUT2D eigenvalue weighted by Gasteiger charge is 2.32. The van der Waals surface area contributed by atoms with Crippen molar-refractivity contribution in [3.05, 3.63) is 52.0 Å². The van der Waals surface area contributed by atoms with E-state index in [2.05, 4.69) is 10.4 Å². The molecule has 0 aliphatic carbocycles. The molecule has 164 valence electrons. The number of benzene rings is 1. The molecule has 3 aromatic rings. The van der Waals surface area contributed by atoms with Gasteiger partial charge in [-0.3, -0.25) is 14.3 Å². The van der Waals surface area contributed by atoms with Crippen molar-refractivity contribution in [2.45, 2.75) is 32.0 Å². The van der Waals surface area contributed by atoms with E-state index in [0.717, 1.165) is 28.0 Å². The van der Waals surface area contributed by atoms with Crippen molar-refractivity contribution in [2.24, 2.45) is 7.05 Å². The van der Waals surface area contributed by atoms with Crippen molar-refractivity contribution in [1.29, 1.82) is 0 Å². The van der Waals surface area contributed by atoms with Crippen LogP contribution in [0.1, 0.15) is 45.4 Å². The van der Waals surface area contributed by atoms with Crippen LogP contribution in [0.25, 0.3) is 10.2 Å². The molecule has 2 aromatic heterocycles. The number of likely N-dealkylation sites (tertiary alicyclic amines) is 1. The van der Waals surface area contributed by atoms with Crippen LogP contribution < -0.4 is 5.32 Å². The summed E-state index contributed by atoms with van der Waals surface area (Å²) in [6.45, 7) is 2.50. The molecule has 1 saturated heterocycles. The van der Waals surface area contributed by atoms with Gasteiger partial charge in [-0.25, -0.2) is 0 Å². The average Bonchev–Trinajstić information content (AvgIpc) is 3.39. The predicted octanol–water partition coefficient (Wildman–Crippen LogP) is 4.06. The van der Waals surface area contributed by atoms with E-state index >= 15 is 0 Å². The molecule has 6 nitrogen and oxygen atoms in total. The summed E-state index contributed by atoms with van der Waals surface area (Å²) in [5, 5.41) is 8.02. The maximum absolute atomic E-state index is 13.2. The van der Waals surface area contributed by atoms with Crippen LogP contribution in [0, 0.1) is 6.92 Å². The van der Waals surface area contributed by atoms with E-state index in [4.69, 9.17) is 0 Å². The minimum absolute atomic E-state index is 0.0604. The Morgan fingerprint density at radius 2 is 2.10 bits per heavy atom. The van der Waals surface area contributed by atoms with Crippen molar-refractivity contribution < 1.29 is 22.8 Å². The number of aryl methyl sites for hydroxylation is 2. The van der Waals surface area contributed by atoms with Gasteiger partial charge in [0.2, 0.25) is 5.91 Å². The quantitative estimate of drug-likeness (QED) is 0.638. The van der Waals surface area contributed by atoms with Gasteiger partial charge in [0.05, 0.1) is 22.2 Å². The molecule has 4 rings (SSSR count). The molecule has 1 N–H and O–H groups in total. The Kier molecular flexibility index (Phi) is 5.50. The van der Waals surface area contributed by atoms with E-state index in [1.165, 1.54) is 17.4 Å². The molecule has 0 spiro atoms. The molecule has 0 bridgehead atoms. The summed E-state index contributed by atoms with van der Waals surface area (Å²) in [6, 6.07) is 5.86. The monoisotopic (exact) mass is 450 g/mol. The van der Waals surface area contributed by atoms with Crippen LogP contribution in [0.15, 0.2) is 30.3 Å². The molecule has 0 saturated carbocycles. The minimum atomic E-state index is -4.50. The van der Waals surface area contributed by atoms with Crippen LogP contribution in [0.3, 0.4) is 0 Å². The van der Waals surface area contributed by atoms with Crippen LogP contribution in [0.5, 0.6) is 0 Å². The number of rotatable bonds is 5. The summed E-state index contributed by atoms with van der Waals surface area (Å²) >= 11 is 1.27. The number of fused-ring (bicyclic) bond motifs is 1. The summed E-state index contributed by atoms with van der Waals surface area (Å²) in [5.41, 5.74) is 0.312. The summed E-state index contributed by atoms with van der Waals surface area (Å²) in [4.78, 5) is 28.0. The Bertz CT molecular complexity index is 1120. The standard InChI is InChI=1S/C21H21F3N4O2S/c1-12-15-10-17(31-20(15)27(2)26-12)19(30)25-16(11-28-8-4-7-18(28)29)13-5-3-6-14(9-13)21(22,23)24/h3,5-6,9-10,16H,4,7-8,11H2,1-2H3,(H,25,30). The van der Waals surface area contributed by atoms with Crippen LogP contribution in [0.2, 0.25) is 0 Å². The molecule has 1 aromatic carbocycles. The van der Waals surface area contributed by atoms with E-state index in [1.54, 1.807) is 28.8 Å². The van der Waals surface area contributed by atoms with Gasteiger partial charge in [0.15, 0.2) is 0 Å². The van der Waals surface area contributed by atoms with Crippen molar-refractivity contribution in [3.63, 3.8) is 0 Å². The van der Waals surface area contributed by atoms with Gasteiger partial charge in [0.25, 0.3) is 5.91 Å². The van der Waals surface area contributed by atoms with Gasteiger partial charge < -0.3 is 10.2 Å². The van der Waals surface area contributed by atoms with Gasteiger partial charge in [0.1, 0.15) is 4.83 Å². The van der Waals surface area contributed by atoms with Gasteiger partial charge in [0, 0.05) is 31.9 Å². The number of alkyl halides is 3. The summed E-state index contributed by atoms with van der Waals surface area (Å²) in [5.74, 6) is -0.454. The second-order valence-electron chi connectivity index (χ2n) is 7.63. The fourth-order valence-electron chi connectivity index (χ4n) is 3.83. The Balaban J connectivity index is 1.64. The van der Waals surface area contributed by atoms with E-state index < -0.39 is 23.7 Å². The summed E-state index contributed by atoms with van der Waals surface area (Å²) < 4.78 is 41.4. The number of carbonyl (C=O) groups excluding carboxylic acids is 2. The molecule has 1 atom stereocenters. The third-order valence-corrected chi connectivity index (χ3v) is 6.62. The fraction of sp³-hybridized carbons (Fsp3) is 0.381. The number of hydrogen-bond acceptors (Lipinski definition) is 4. The number of amides is 2. The van der Waals surface area contributed by atoms with Crippen molar-refractivity contribution in [1.82, 2.24) is 20.0 Å². The molecule has 0 radical (unpaired) electrons. The maximum Gasteiger partial charge on any atom is 0.416 e. The third kappa shape index (κ3) is 4.30. The Labute approximate surface area is 180 Å². The van der Waals surface area contributed by atoms with Crippen molar-refractivity contribution in [3.8, 4) is 0 Å². The number of carbonyl (C=O) groups is 2. The second-order valence-corrected chi connectivity index (χ2v) is 8.66. The lowest BCUT2D eigenvalue weighted by Crippen LogP contribution is -2.38.